The number of nitrogen functional groups attached to an aromatic ring is 1. The summed E-state index contributed by atoms with van der Waals surface area (Å²) in [5.74, 6) is -0.472. The third-order valence-electron chi connectivity index (χ3n) is 2.87. The van der Waals surface area contributed by atoms with Crippen LogP contribution in [-0.4, -0.2) is 25.3 Å². The molecule has 0 bridgehead atoms. The van der Waals surface area contributed by atoms with Crippen LogP contribution in [0.4, 0.5) is 11.4 Å². The molecule has 0 saturated heterocycles. The average molecular weight is 284 g/mol. The summed E-state index contributed by atoms with van der Waals surface area (Å²) < 4.78 is 23.8. The Kier molecular flexibility index (Phi) is 5.35. The molecule has 19 heavy (non-hydrogen) atoms. The van der Waals surface area contributed by atoms with Crippen molar-refractivity contribution in [1.82, 2.24) is 0 Å². The largest absolute Gasteiger partial charge is 0.399 e. The van der Waals surface area contributed by atoms with Crippen LogP contribution in [0.5, 0.6) is 0 Å². The third kappa shape index (κ3) is 4.55. The first-order valence-electron chi connectivity index (χ1n) is 6.25. The molecule has 1 atom stereocenters. The fourth-order valence-corrected chi connectivity index (χ4v) is 2.93. The Balaban J connectivity index is 2.69. The van der Waals surface area contributed by atoms with Gasteiger partial charge in [-0.15, -0.1) is 0 Å². The maximum atomic E-state index is 11.9. The molecule has 1 aromatic carbocycles. The number of unbranched alkanes of at least 4 members (excludes halogenated alkanes) is 1. The Labute approximate surface area is 114 Å². The Bertz CT molecular complexity index is 523. The topological polar surface area (TPSA) is 89.3 Å². The van der Waals surface area contributed by atoms with Crippen molar-refractivity contribution in [3.05, 3.63) is 24.3 Å². The number of carbonyl (C=O) groups excluding carboxylic acids is 1. The molecule has 0 saturated carbocycles. The number of nitrogens with two attached hydrogens (primary N) is 1. The lowest BCUT2D eigenvalue weighted by molar-refractivity contribution is -0.115. The second-order valence-corrected chi connectivity index (χ2v) is 6.92. The van der Waals surface area contributed by atoms with Crippen LogP contribution in [0, 0.1) is 0 Å². The Hall–Kier alpha value is -1.56. The molecule has 0 aliphatic heterocycles. The summed E-state index contributed by atoms with van der Waals surface area (Å²) >= 11 is 0. The molecular formula is C13H20N2O3S. The molecule has 106 valence electrons. The van der Waals surface area contributed by atoms with Gasteiger partial charge in [0.2, 0.25) is 5.91 Å². The molecule has 0 aliphatic carbocycles. The molecule has 0 radical (unpaired) electrons. The molecule has 0 aliphatic rings. The monoisotopic (exact) mass is 284 g/mol. The van der Waals surface area contributed by atoms with Gasteiger partial charge in [-0.2, -0.15) is 0 Å². The van der Waals surface area contributed by atoms with E-state index in [0.29, 0.717) is 17.8 Å². The Morgan fingerprint density at radius 1 is 1.32 bits per heavy atom. The van der Waals surface area contributed by atoms with Crippen LogP contribution < -0.4 is 11.1 Å². The summed E-state index contributed by atoms with van der Waals surface area (Å²) in [7, 11) is -3.39. The number of nitrogens with one attached hydrogen (secondary N) is 1. The van der Waals surface area contributed by atoms with E-state index in [-0.39, 0.29) is 5.75 Å². The van der Waals surface area contributed by atoms with Gasteiger partial charge in [0.05, 0.1) is 5.75 Å². The molecule has 0 spiro atoms. The zero-order chi connectivity index (χ0) is 14.5. The maximum absolute atomic E-state index is 11.9. The molecule has 0 heterocycles. The van der Waals surface area contributed by atoms with E-state index in [1.54, 1.807) is 24.3 Å². The lowest BCUT2D eigenvalue weighted by atomic mass is 10.3. The normalized spacial score (nSPS) is 12.9. The number of hydrogen-bond donors (Lipinski definition) is 2. The predicted molar refractivity (Wildman–Crippen MR) is 77.6 cm³/mol. The second kappa shape index (κ2) is 6.56. The van der Waals surface area contributed by atoms with Crippen LogP contribution >= 0.6 is 0 Å². The second-order valence-electron chi connectivity index (χ2n) is 4.47. The van der Waals surface area contributed by atoms with Gasteiger partial charge in [0.15, 0.2) is 9.84 Å². The molecule has 0 fully saturated rings. The lowest BCUT2D eigenvalue weighted by Crippen LogP contribution is -2.34. The molecule has 5 nitrogen and oxygen atoms in total. The van der Waals surface area contributed by atoms with Gasteiger partial charge in [-0.3, -0.25) is 4.79 Å². The van der Waals surface area contributed by atoms with Gasteiger partial charge < -0.3 is 11.1 Å². The van der Waals surface area contributed by atoms with Crippen LogP contribution in [0.2, 0.25) is 0 Å². The summed E-state index contributed by atoms with van der Waals surface area (Å²) in [6.45, 7) is 3.33. The van der Waals surface area contributed by atoms with Gasteiger partial charge in [0.25, 0.3) is 0 Å². The fourth-order valence-electron chi connectivity index (χ4n) is 1.50. The first-order valence-corrected chi connectivity index (χ1v) is 7.96. The van der Waals surface area contributed by atoms with Gasteiger partial charge >= 0.3 is 0 Å². The minimum absolute atomic E-state index is 0.0415. The van der Waals surface area contributed by atoms with Gasteiger partial charge in [0.1, 0.15) is 5.25 Å². The molecule has 0 aromatic heterocycles. The van der Waals surface area contributed by atoms with Crippen molar-refractivity contribution in [2.75, 3.05) is 16.8 Å². The lowest BCUT2D eigenvalue weighted by Gasteiger charge is -2.13. The highest BCUT2D eigenvalue weighted by Gasteiger charge is 2.27. The van der Waals surface area contributed by atoms with Gasteiger partial charge in [-0.1, -0.05) is 13.3 Å². The number of benzene rings is 1. The van der Waals surface area contributed by atoms with Crippen molar-refractivity contribution < 1.29 is 13.2 Å². The van der Waals surface area contributed by atoms with Crippen molar-refractivity contribution in [2.45, 2.75) is 31.9 Å². The number of carbonyl (C=O) groups is 1. The Morgan fingerprint density at radius 2 is 1.89 bits per heavy atom. The molecule has 1 rings (SSSR count). The minimum atomic E-state index is -3.39. The quantitative estimate of drug-likeness (QED) is 0.780. The standard InChI is InChI=1S/C13H20N2O3S/c1-3-4-9-19(17,18)10(2)13(16)15-12-7-5-11(14)6-8-12/h5-8,10H,3-4,9,14H2,1-2H3,(H,15,16). The van der Waals surface area contributed by atoms with E-state index < -0.39 is 21.0 Å². The first kappa shape index (κ1) is 15.5. The number of rotatable bonds is 6. The van der Waals surface area contributed by atoms with Crippen LogP contribution in [0.25, 0.3) is 0 Å². The summed E-state index contributed by atoms with van der Waals surface area (Å²) in [4.78, 5) is 11.9. The van der Waals surface area contributed by atoms with Gasteiger partial charge in [0, 0.05) is 11.4 Å². The average Bonchev–Trinajstić information content (AvgIpc) is 2.38. The molecular weight excluding hydrogens is 264 g/mol. The highest BCUT2D eigenvalue weighted by atomic mass is 32.2. The zero-order valence-corrected chi connectivity index (χ0v) is 12.0. The highest BCUT2D eigenvalue weighted by Crippen LogP contribution is 2.13. The zero-order valence-electron chi connectivity index (χ0n) is 11.2. The highest BCUT2D eigenvalue weighted by molar-refractivity contribution is 7.92. The molecule has 3 N–H and O–H groups in total. The molecule has 1 unspecified atom stereocenters. The maximum Gasteiger partial charge on any atom is 0.242 e. The van der Waals surface area contributed by atoms with Crippen LogP contribution in [0.3, 0.4) is 0 Å². The van der Waals surface area contributed by atoms with Crippen LogP contribution in [-0.2, 0) is 14.6 Å². The van der Waals surface area contributed by atoms with Crippen molar-refractivity contribution in [2.24, 2.45) is 0 Å². The van der Waals surface area contributed by atoms with Crippen molar-refractivity contribution in [1.29, 1.82) is 0 Å². The van der Waals surface area contributed by atoms with E-state index in [9.17, 15) is 13.2 Å². The van der Waals surface area contributed by atoms with E-state index in [1.807, 2.05) is 6.92 Å². The molecule has 1 aromatic rings. The van der Waals surface area contributed by atoms with E-state index in [1.165, 1.54) is 6.92 Å². The number of hydrogen-bond acceptors (Lipinski definition) is 4. The van der Waals surface area contributed by atoms with Crippen LogP contribution in [0.15, 0.2) is 24.3 Å². The van der Waals surface area contributed by atoms with Crippen molar-refractivity contribution >= 4 is 27.1 Å². The van der Waals surface area contributed by atoms with Gasteiger partial charge in [-0.25, -0.2) is 8.42 Å². The smallest absolute Gasteiger partial charge is 0.242 e. The molecule has 1 amide bonds. The number of sulfone groups is 1. The van der Waals surface area contributed by atoms with E-state index in [0.717, 1.165) is 6.42 Å². The SMILES string of the molecule is CCCCS(=O)(=O)C(C)C(=O)Nc1ccc(N)cc1. The summed E-state index contributed by atoms with van der Waals surface area (Å²) in [6.07, 6.45) is 1.35. The fraction of sp³-hybridized carbons (Fsp3) is 0.462. The number of anilines is 2. The minimum Gasteiger partial charge on any atom is -0.399 e. The predicted octanol–water partition coefficient (Wildman–Crippen LogP) is 1.81. The first-order chi connectivity index (χ1) is 8.86. The summed E-state index contributed by atoms with van der Waals surface area (Å²) in [5.41, 5.74) is 6.66. The van der Waals surface area contributed by atoms with E-state index >= 15 is 0 Å². The van der Waals surface area contributed by atoms with Crippen molar-refractivity contribution in [3.63, 3.8) is 0 Å². The third-order valence-corrected chi connectivity index (χ3v) is 5.02. The molecule has 6 heteroatoms. The van der Waals surface area contributed by atoms with E-state index in [2.05, 4.69) is 5.32 Å². The summed E-state index contributed by atoms with van der Waals surface area (Å²) in [5, 5.41) is 1.53. The van der Waals surface area contributed by atoms with Gasteiger partial charge in [-0.05, 0) is 37.6 Å². The Morgan fingerprint density at radius 3 is 2.42 bits per heavy atom. The summed E-state index contributed by atoms with van der Waals surface area (Å²) in [6, 6.07) is 6.56. The van der Waals surface area contributed by atoms with Crippen molar-refractivity contribution in [3.8, 4) is 0 Å². The number of amides is 1. The van der Waals surface area contributed by atoms with E-state index in [4.69, 9.17) is 5.73 Å². The van der Waals surface area contributed by atoms with Crippen LogP contribution in [0.1, 0.15) is 26.7 Å².